The molecule has 0 spiro atoms. The Kier molecular flexibility index (Phi) is 5.26. The number of rotatable bonds is 5. The molecule has 0 radical (unpaired) electrons. The molecule has 0 bridgehead atoms. The second kappa shape index (κ2) is 6.95. The second-order valence-electron chi connectivity index (χ2n) is 4.76. The monoisotopic (exact) mass is 339 g/mol. The van der Waals surface area contributed by atoms with Crippen molar-refractivity contribution in [3.8, 4) is 0 Å². The molecule has 0 saturated carbocycles. The van der Waals surface area contributed by atoms with Crippen molar-refractivity contribution < 1.29 is 8.78 Å². The van der Waals surface area contributed by atoms with Crippen molar-refractivity contribution in [2.45, 2.75) is 18.9 Å². The molecule has 2 aromatic rings. The van der Waals surface area contributed by atoms with Crippen LogP contribution in [0.25, 0.3) is 0 Å². The number of nitrogens with one attached hydrogen (secondary N) is 1. The van der Waals surface area contributed by atoms with Gasteiger partial charge in [-0.2, -0.15) is 0 Å². The lowest BCUT2D eigenvalue weighted by molar-refractivity contribution is 0.543. The number of hydrogen-bond acceptors (Lipinski definition) is 1. The van der Waals surface area contributed by atoms with E-state index in [0.717, 1.165) is 17.0 Å². The van der Waals surface area contributed by atoms with E-state index >= 15 is 0 Å². The molecular weight excluding hydrogens is 324 g/mol. The second-order valence-corrected chi connectivity index (χ2v) is 5.62. The van der Waals surface area contributed by atoms with Crippen LogP contribution in [-0.2, 0) is 12.8 Å². The number of hydrogen-bond donors (Lipinski definition) is 1. The van der Waals surface area contributed by atoms with Gasteiger partial charge in [0.25, 0.3) is 0 Å². The average molecular weight is 340 g/mol. The van der Waals surface area contributed by atoms with Crippen molar-refractivity contribution >= 4 is 15.9 Å². The van der Waals surface area contributed by atoms with Crippen molar-refractivity contribution in [1.82, 2.24) is 5.32 Å². The van der Waals surface area contributed by atoms with Gasteiger partial charge in [-0.1, -0.05) is 34.1 Å². The molecule has 2 aromatic carbocycles. The van der Waals surface area contributed by atoms with Gasteiger partial charge in [0.1, 0.15) is 11.6 Å². The molecule has 1 N–H and O–H groups in total. The van der Waals surface area contributed by atoms with Gasteiger partial charge in [-0.25, -0.2) is 8.78 Å². The molecule has 106 valence electrons. The Morgan fingerprint density at radius 2 is 1.70 bits per heavy atom. The van der Waals surface area contributed by atoms with E-state index in [1.54, 1.807) is 0 Å². The maximum Gasteiger partial charge on any atom is 0.126 e. The summed E-state index contributed by atoms with van der Waals surface area (Å²) in [6, 6.07) is 11.8. The molecule has 20 heavy (non-hydrogen) atoms. The standard InChI is InChI=1S/C16H16BrF2N/c1-20-15(9-12-4-2-3-5-16(12)17)8-11-6-13(18)10-14(19)7-11/h2-7,10,15,20H,8-9H2,1H3. The quantitative estimate of drug-likeness (QED) is 0.864. The molecule has 4 heteroatoms. The fourth-order valence-corrected chi connectivity index (χ4v) is 2.67. The summed E-state index contributed by atoms with van der Waals surface area (Å²) >= 11 is 3.51. The van der Waals surface area contributed by atoms with E-state index in [4.69, 9.17) is 0 Å². The van der Waals surface area contributed by atoms with Crippen LogP contribution < -0.4 is 5.32 Å². The van der Waals surface area contributed by atoms with Gasteiger partial charge in [-0.15, -0.1) is 0 Å². The predicted octanol–water partition coefficient (Wildman–Crippen LogP) is 4.10. The molecule has 1 atom stereocenters. The molecule has 0 saturated heterocycles. The number of likely N-dealkylation sites (N-methyl/N-ethyl adjacent to an activating group) is 1. The van der Waals surface area contributed by atoms with Crippen LogP contribution in [-0.4, -0.2) is 13.1 Å². The van der Waals surface area contributed by atoms with Crippen LogP contribution in [0, 0.1) is 11.6 Å². The Hall–Kier alpha value is -1.26. The van der Waals surface area contributed by atoms with E-state index in [-0.39, 0.29) is 6.04 Å². The molecule has 0 aliphatic heterocycles. The Labute approximate surface area is 126 Å². The van der Waals surface area contributed by atoms with Crippen molar-refractivity contribution in [1.29, 1.82) is 0 Å². The van der Waals surface area contributed by atoms with E-state index in [1.165, 1.54) is 17.7 Å². The zero-order valence-electron chi connectivity index (χ0n) is 11.2. The Morgan fingerprint density at radius 3 is 2.30 bits per heavy atom. The summed E-state index contributed by atoms with van der Waals surface area (Å²) in [6.07, 6.45) is 1.36. The third-order valence-corrected chi connectivity index (χ3v) is 4.01. The molecule has 0 heterocycles. The van der Waals surface area contributed by atoms with Gasteiger partial charge in [-0.3, -0.25) is 0 Å². The van der Waals surface area contributed by atoms with Gasteiger partial charge in [0.2, 0.25) is 0 Å². The fourth-order valence-electron chi connectivity index (χ4n) is 2.22. The van der Waals surface area contributed by atoms with Crippen molar-refractivity contribution in [3.05, 3.63) is 69.7 Å². The summed E-state index contributed by atoms with van der Waals surface area (Å²) in [5.74, 6) is -1.06. The van der Waals surface area contributed by atoms with E-state index < -0.39 is 11.6 Å². The average Bonchev–Trinajstić information content (AvgIpc) is 2.39. The zero-order chi connectivity index (χ0) is 14.5. The molecule has 2 rings (SSSR count). The first-order valence-electron chi connectivity index (χ1n) is 6.44. The number of benzene rings is 2. The normalized spacial score (nSPS) is 12.4. The first-order chi connectivity index (χ1) is 9.58. The highest BCUT2D eigenvalue weighted by Gasteiger charge is 2.11. The molecule has 0 aromatic heterocycles. The van der Waals surface area contributed by atoms with E-state index in [9.17, 15) is 8.78 Å². The third kappa shape index (κ3) is 4.12. The van der Waals surface area contributed by atoms with Gasteiger partial charge < -0.3 is 5.32 Å². The summed E-state index contributed by atoms with van der Waals surface area (Å²) in [5.41, 5.74) is 1.83. The molecule has 0 aliphatic carbocycles. The van der Waals surface area contributed by atoms with E-state index in [1.807, 2.05) is 31.3 Å². The largest absolute Gasteiger partial charge is 0.316 e. The summed E-state index contributed by atoms with van der Waals surface area (Å²) in [6.45, 7) is 0. The van der Waals surface area contributed by atoms with Gasteiger partial charge >= 0.3 is 0 Å². The lowest BCUT2D eigenvalue weighted by atomic mass is 9.99. The summed E-state index contributed by atoms with van der Waals surface area (Å²) in [4.78, 5) is 0. The maximum absolute atomic E-state index is 13.2. The topological polar surface area (TPSA) is 12.0 Å². The molecule has 1 unspecified atom stereocenters. The fraction of sp³-hybridized carbons (Fsp3) is 0.250. The highest BCUT2D eigenvalue weighted by atomic mass is 79.9. The molecule has 0 amide bonds. The minimum absolute atomic E-state index is 0.120. The van der Waals surface area contributed by atoms with E-state index in [2.05, 4.69) is 21.2 Å². The lowest BCUT2D eigenvalue weighted by Crippen LogP contribution is -2.30. The number of halogens is 3. The highest BCUT2D eigenvalue weighted by molar-refractivity contribution is 9.10. The lowest BCUT2D eigenvalue weighted by Gasteiger charge is -2.17. The first-order valence-corrected chi connectivity index (χ1v) is 7.23. The smallest absolute Gasteiger partial charge is 0.126 e. The Bertz CT molecular complexity index is 566. The van der Waals surface area contributed by atoms with Crippen LogP contribution in [0.3, 0.4) is 0 Å². The van der Waals surface area contributed by atoms with Gasteiger partial charge in [0.15, 0.2) is 0 Å². The molecule has 0 aliphatic rings. The Morgan fingerprint density at radius 1 is 1.05 bits per heavy atom. The van der Waals surface area contributed by atoms with Crippen LogP contribution in [0.1, 0.15) is 11.1 Å². The predicted molar refractivity (Wildman–Crippen MR) is 80.8 cm³/mol. The van der Waals surface area contributed by atoms with Crippen molar-refractivity contribution in [2.24, 2.45) is 0 Å². The van der Waals surface area contributed by atoms with Crippen LogP contribution >= 0.6 is 15.9 Å². The minimum atomic E-state index is -0.532. The maximum atomic E-state index is 13.2. The van der Waals surface area contributed by atoms with Gasteiger partial charge in [0.05, 0.1) is 0 Å². The first kappa shape index (κ1) is 15.1. The van der Waals surface area contributed by atoms with Crippen LogP contribution in [0.15, 0.2) is 46.9 Å². The van der Waals surface area contributed by atoms with Crippen LogP contribution in [0.2, 0.25) is 0 Å². The van der Waals surface area contributed by atoms with Gasteiger partial charge in [-0.05, 0) is 49.2 Å². The zero-order valence-corrected chi connectivity index (χ0v) is 12.8. The van der Waals surface area contributed by atoms with Crippen molar-refractivity contribution in [3.63, 3.8) is 0 Å². The third-order valence-electron chi connectivity index (χ3n) is 3.24. The van der Waals surface area contributed by atoms with E-state index in [0.29, 0.717) is 12.0 Å². The molecule has 1 nitrogen and oxygen atoms in total. The molecule has 0 fully saturated rings. The molecular formula is C16H16BrF2N. The van der Waals surface area contributed by atoms with Gasteiger partial charge in [0, 0.05) is 16.6 Å². The highest BCUT2D eigenvalue weighted by Crippen LogP contribution is 2.19. The Balaban J connectivity index is 2.11. The summed E-state index contributed by atoms with van der Waals surface area (Å²) in [7, 11) is 1.86. The minimum Gasteiger partial charge on any atom is -0.316 e. The van der Waals surface area contributed by atoms with Crippen LogP contribution in [0.5, 0.6) is 0 Å². The van der Waals surface area contributed by atoms with Crippen molar-refractivity contribution in [2.75, 3.05) is 7.05 Å². The SMILES string of the molecule is CNC(Cc1cc(F)cc(F)c1)Cc1ccccc1Br. The summed E-state index contributed by atoms with van der Waals surface area (Å²) < 4.78 is 27.5. The van der Waals surface area contributed by atoms with Crippen LogP contribution in [0.4, 0.5) is 8.78 Å². The summed E-state index contributed by atoms with van der Waals surface area (Å²) in [5, 5.41) is 3.20.